The van der Waals surface area contributed by atoms with E-state index in [4.69, 9.17) is 4.74 Å². The summed E-state index contributed by atoms with van der Waals surface area (Å²) in [6.45, 7) is 0.410. The lowest BCUT2D eigenvalue weighted by atomic mass is 9.90. The van der Waals surface area contributed by atoms with Crippen molar-refractivity contribution in [2.45, 2.75) is 18.8 Å². The van der Waals surface area contributed by atoms with Crippen LogP contribution in [-0.2, 0) is 6.61 Å². The van der Waals surface area contributed by atoms with E-state index in [1.165, 1.54) is 0 Å². The first-order valence-corrected chi connectivity index (χ1v) is 9.77. The summed E-state index contributed by atoms with van der Waals surface area (Å²) < 4.78 is 5.88. The van der Waals surface area contributed by atoms with Gasteiger partial charge in [-0.3, -0.25) is 14.5 Å². The highest BCUT2D eigenvalue weighted by Gasteiger charge is 2.42. The maximum atomic E-state index is 12.8. The largest absolute Gasteiger partial charge is 0.489 e. The number of hydrogen-bond donors (Lipinski definition) is 1. The molecule has 3 aromatic rings. The molecule has 2 aliphatic rings. The molecule has 0 fully saturated rings. The van der Waals surface area contributed by atoms with E-state index in [-0.39, 0.29) is 11.8 Å². The number of hydrogen-bond acceptors (Lipinski definition) is 4. The van der Waals surface area contributed by atoms with Crippen molar-refractivity contribution in [3.8, 4) is 5.75 Å². The molecule has 1 aliphatic carbocycles. The fourth-order valence-corrected chi connectivity index (χ4v) is 3.99. The van der Waals surface area contributed by atoms with Gasteiger partial charge in [-0.15, -0.1) is 0 Å². The minimum absolute atomic E-state index is 0.369. The van der Waals surface area contributed by atoms with E-state index < -0.39 is 12.1 Å². The molecular formula is C25H19NO4. The van der Waals surface area contributed by atoms with Gasteiger partial charge in [0.15, 0.2) is 0 Å². The van der Waals surface area contributed by atoms with E-state index in [1.807, 2.05) is 48.5 Å². The van der Waals surface area contributed by atoms with Crippen molar-refractivity contribution in [3.63, 3.8) is 0 Å². The van der Waals surface area contributed by atoms with E-state index in [2.05, 4.69) is 0 Å². The summed E-state index contributed by atoms with van der Waals surface area (Å²) in [5.74, 6) is -0.151. The molecule has 148 valence electrons. The molecule has 1 aliphatic heterocycles. The van der Waals surface area contributed by atoms with Gasteiger partial charge in [0.2, 0.25) is 0 Å². The van der Waals surface area contributed by atoms with Crippen LogP contribution in [0.5, 0.6) is 5.75 Å². The van der Waals surface area contributed by atoms with Crippen LogP contribution >= 0.6 is 0 Å². The van der Waals surface area contributed by atoms with Gasteiger partial charge >= 0.3 is 0 Å². The van der Waals surface area contributed by atoms with E-state index in [0.717, 1.165) is 16.0 Å². The fourth-order valence-electron chi connectivity index (χ4n) is 3.99. The number of benzene rings is 3. The van der Waals surface area contributed by atoms with Crippen molar-refractivity contribution in [1.29, 1.82) is 0 Å². The Hall–Kier alpha value is -3.70. The van der Waals surface area contributed by atoms with Gasteiger partial charge in [0.05, 0.1) is 17.2 Å². The average Bonchev–Trinajstić information content (AvgIpc) is 3.04. The van der Waals surface area contributed by atoms with Gasteiger partial charge in [0, 0.05) is 0 Å². The number of carbonyl (C=O) groups excluding carboxylic acids is 2. The van der Waals surface area contributed by atoms with Gasteiger partial charge in [0.25, 0.3) is 11.8 Å². The first kappa shape index (κ1) is 18.3. The van der Waals surface area contributed by atoms with Crippen molar-refractivity contribution >= 4 is 17.9 Å². The number of aliphatic hydroxyl groups excluding tert-OH is 1. The Morgan fingerprint density at radius 1 is 0.867 bits per heavy atom. The molecule has 1 heterocycles. The maximum absolute atomic E-state index is 12.8. The Morgan fingerprint density at radius 2 is 1.53 bits per heavy atom. The zero-order valence-corrected chi connectivity index (χ0v) is 16.1. The second kappa shape index (κ2) is 7.28. The molecule has 2 amide bonds. The van der Waals surface area contributed by atoms with E-state index in [1.54, 1.807) is 36.4 Å². The summed E-state index contributed by atoms with van der Waals surface area (Å²) in [5.41, 5.74) is 3.24. The van der Waals surface area contributed by atoms with Crippen LogP contribution in [0.25, 0.3) is 6.08 Å². The van der Waals surface area contributed by atoms with Crippen LogP contribution in [0.15, 0.2) is 78.9 Å². The molecule has 5 nitrogen and oxygen atoms in total. The lowest BCUT2D eigenvalue weighted by Gasteiger charge is -2.31. The summed E-state index contributed by atoms with van der Waals surface area (Å²) in [7, 11) is 0. The zero-order valence-electron chi connectivity index (χ0n) is 16.1. The molecule has 30 heavy (non-hydrogen) atoms. The standard InChI is InChI=1S/C25H19NO4/c27-23-21-14-18(30-15-16-6-2-1-3-7-16)12-10-17(21)11-13-22(23)26-24(28)19-8-4-5-9-20(19)25(26)29/h1-14,22-23,27H,15H2. The molecule has 2 atom stereocenters. The van der Waals surface area contributed by atoms with Crippen LogP contribution in [0.4, 0.5) is 0 Å². The minimum atomic E-state index is -1.03. The van der Waals surface area contributed by atoms with Crippen molar-refractivity contribution in [1.82, 2.24) is 4.90 Å². The molecule has 0 saturated heterocycles. The summed E-state index contributed by atoms with van der Waals surface area (Å²) in [4.78, 5) is 26.8. The molecule has 5 heteroatoms. The summed E-state index contributed by atoms with van der Waals surface area (Å²) in [6.07, 6.45) is 2.50. The van der Waals surface area contributed by atoms with Crippen molar-refractivity contribution in [2.24, 2.45) is 0 Å². The van der Waals surface area contributed by atoms with Gasteiger partial charge in [-0.2, -0.15) is 0 Å². The third-order valence-electron chi connectivity index (χ3n) is 5.55. The molecule has 1 N–H and O–H groups in total. The molecular weight excluding hydrogens is 378 g/mol. The zero-order chi connectivity index (χ0) is 20.7. The monoisotopic (exact) mass is 397 g/mol. The molecule has 0 saturated carbocycles. The lowest BCUT2D eigenvalue weighted by molar-refractivity contribution is 0.0425. The topological polar surface area (TPSA) is 66.8 Å². The fraction of sp³-hybridized carbons (Fsp3) is 0.120. The quantitative estimate of drug-likeness (QED) is 0.676. The number of rotatable bonds is 4. The summed E-state index contributed by atoms with van der Waals surface area (Å²) >= 11 is 0. The summed E-state index contributed by atoms with van der Waals surface area (Å²) in [6, 6.07) is 21.3. The second-order valence-electron chi connectivity index (χ2n) is 7.39. The van der Waals surface area contributed by atoms with Gasteiger partial charge in [0.1, 0.15) is 18.5 Å². The highest BCUT2D eigenvalue weighted by molar-refractivity contribution is 6.21. The van der Waals surface area contributed by atoms with Crippen LogP contribution < -0.4 is 4.74 Å². The van der Waals surface area contributed by atoms with Crippen LogP contribution in [0.1, 0.15) is 43.5 Å². The van der Waals surface area contributed by atoms with Crippen molar-refractivity contribution < 1.29 is 19.4 Å². The van der Waals surface area contributed by atoms with E-state index in [9.17, 15) is 14.7 Å². The number of nitrogens with zero attached hydrogens (tertiary/aromatic N) is 1. The first-order valence-electron chi connectivity index (χ1n) is 9.77. The molecule has 2 unspecified atom stereocenters. The molecule has 0 radical (unpaired) electrons. The molecule has 0 aromatic heterocycles. The lowest BCUT2D eigenvalue weighted by Crippen LogP contribution is -2.43. The molecule has 0 bridgehead atoms. The van der Waals surface area contributed by atoms with Crippen LogP contribution in [0, 0.1) is 0 Å². The molecule has 3 aromatic carbocycles. The highest BCUT2D eigenvalue weighted by atomic mass is 16.5. The predicted molar refractivity (Wildman–Crippen MR) is 112 cm³/mol. The highest BCUT2D eigenvalue weighted by Crippen LogP contribution is 2.36. The normalized spacial score (nSPS) is 19.6. The third-order valence-corrected chi connectivity index (χ3v) is 5.55. The van der Waals surface area contributed by atoms with Crippen LogP contribution in [0.2, 0.25) is 0 Å². The van der Waals surface area contributed by atoms with Gasteiger partial charge < -0.3 is 9.84 Å². The number of ether oxygens (including phenoxy) is 1. The van der Waals surface area contributed by atoms with E-state index >= 15 is 0 Å². The number of aliphatic hydroxyl groups is 1. The first-order chi connectivity index (χ1) is 14.6. The predicted octanol–water partition coefficient (Wildman–Crippen LogP) is 3.99. The van der Waals surface area contributed by atoms with E-state index in [0.29, 0.717) is 29.0 Å². The second-order valence-corrected chi connectivity index (χ2v) is 7.39. The van der Waals surface area contributed by atoms with Crippen LogP contribution in [0.3, 0.4) is 0 Å². The summed E-state index contributed by atoms with van der Waals surface area (Å²) in [5, 5.41) is 11.1. The SMILES string of the molecule is O=C1c2ccccc2C(=O)N1C1C=Cc2ccc(OCc3ccccc3)cc2C1O. The molecule has 0 spiro atoms. The average molecular weight is 397 g/mol. The number of amides is 2. The van der Waals surface area contributed by atoms with Gasteiger partial charge in [-0.25, -0.2) is 0 Å². The Labute approximate surface area is 173 Å². The third kappa shape index (κ3) is 3.00. The minimum Gasteiger partial charge on any atom is -0.489 e. The number of fused-ring (bicyclic) bond motifs is 2. The van der Waals surface area contributed by atoms with Crippen LogP contribution in [-0.4, -0.2) is 27.9 Å². The van der Waals surface area contributed by atoms with Gasteiger partial charge in [-0.1, -0.05) is 60.7 Å². The maximum Gasteiger partial charge on any atom is 0.262 e. The Kier molecular flexibility index (Phi) is 4.45. The molecule has 5 rings (SSSR count). The van der Waals surface area contributed by atoms with Crippen molar-refractivity contribution in [3.05, 3.63) is 107 Å². The Morgan fingerprint density at radius 3 is 2.23 bits per heavy atom. The Bertz CT molecular complexity index is 1130. The Balaban J connectivity index is 1.40. The number of imide groups is 1. The van der Waals surface area contributed by atoms with Crippen molar-refractivity contribution in [2.75, 3.05) is 0 Å². The smallest absolute Gasteiger partial charge is 0.262 e. The number of carbonyl (C=O) groups is 2. The van der Waals surface area contributed by atoms with Gasteiger partial charge in [-0.05, 0) is 41.0 Å².